The van der Waals surface area contributed by atoms with Crippen molar-refractivity contribution in [2.75, 3.05) is 25.0 Å². The van der Waals surface area contributed by atoms with Gasteiger partial charge >= 0.3 is 0 Å². The summed E-state index contributed by atoms with van der Waals surface area (Å²) in [5, 5.41) is 15.3. The summed E-state index contributed by atoms with van der Waals surface area (Å²) in [7, 11) is 0. The third-order valence-corrected chi connectivity index (χ3v) is 4.71. The summed E-state index contributed by atoms with van der Waals surface area (Å²) >= 11 is 1.58. The van der Waals surface area contributed by atoms with Crippen molar-refractivity contribution in [2.45, 2.75) is 32.2 Å². The van der Waals surface area contributed by atoms with Crippen LogP contribution in [0.4, 0.5) is 5.82 Å². The highest BCUT2D eigenvalue weighted by molar-refractivity contribution is 7.16. The van der Waals surface area contributed by atoms with Gasteiger partial charge in [-0.2, -0.15) is 0 Å². The SMILES string of the molecule is CCc1nc(N[C@H]2CCCN(CCO)C2=O)c2ccsc2n1. The van der Waals surface area contributed by atoms with Gasteiger partial charge in [0.15, 0.2) is 0 Å². The smallest absolute Gasteiger partial charge is 0.245 e. The summed E-state index contributed by atoms with van der Waals surface area (Å²) in [5.41, 5.74) is 0. The van der Waals surface area contributed by atoms with Crippen molar-refractivity contribution >= 4 is 33.3 Å². The van der Waals surface area contributed by atoms with E-state index in [1.807, 2.05) is 18.4 Å². The van der Waals surface area contributed by atoms with Gasteiger partial charge in [0.2, 0.25) is 5.91 Å². The van der Waals surface area contributed by atoms with E-state index in [4.69, 9.17) is 5.11 Å². The van der Waals surface area contributed by atoms with Gasteiger partial charge in [-0.05, 0) is 24.3 Å². The number of aromatic nitrogens is 2. The predicted octanol–water partition coefficient (Wildman–Crippen LogP) is 1.65. The normalized spacial score (nSPS) is 18.9. The third-order valence-electron chi connectivity index (χ3n) is 3.90. The van der Waals surface area contributed by atoms with E-state index >= 15 is 0 Å². The summed E-state index contributed by atoms with van der Waals surface area (Å²) in [6.45, 7) is 3.14. The molecular formula is C15H20N4O2S. The second kappa shape index (κ2) is 6.58. The van der Waals surface area contributed by atoms with Gasteiger partial charge in [0.1, 0.15) is 22.5 Å². The van der Waals surface area contributed by atoms with E-state index in [-0.39, 0.29) is 18.6 Å². The van der Waals surface area contributed by atoms with Gasteiger partial charge in [0, 0.05) is 19.5 Å². The molecule has 0 aliphatic carbocycles. The highest BCUT2D eigenvalue weighted by atomic mass is 32.1. The van der Waals surface area contributed by atoms with E-state index in [1.165, 1.54) is 0 Å². The van der Waals surface area contributed by atoms with Crippen LogP contribution in [0.2, 0.25) is 0 Å². The molecule has 1 amide bonds. The molecule has 2 aromatic rings. The van der Waals surface area contributed by atoms with Gasteiger partial charge in [-0.3, -0.25) is 4.79 Å². The maximum atomic E-state index is 12.5. The van der Waals surface area contributed by atoms with Crippen LogP contribution in [0, 0.1) is 0 Å². The average molecular weight is 320 g/mol. The number of aryl methyl sites for hydroxylation is 1. The number of likely N-dealkylation sites (tertiary alicyclic amines) is 1. The average Bonchev–Trinajstić information content (AvgIpc) is 3.00. The molecule has 0 unspecified atom stereocenters. The first-order valence-electron chi connectivity index (χ1n) is 7.63. The van der Waals surface area contributed by atoms with Gasteiger partial charge in [0.05, 0.1) is 12.0 Å². The van der Waals surface area contributed by atoms with Crippen LogP contribution in [0.3, 0.4) is 0 Å². The van der Waals surface area contributed by atoms with Gasteiger partial charge in [-0.15, -0.1) is 11.3 Å². The molecule has 0 bridgehead atoms. The van der Waals surface area contributed by atoms with Crippen LogP contribution in [0.15, 0.2) is 11.4 Å². The molecule has 22 heavy (non-hydrogen) atoms. The number of thiophene rings is 1. The number of piperidine rings is 1. The van der Waals surface area contributed by atoms with Crippen LogP contribution in [0.5, 0.6) is 0 Å². The van der Waals surface area contributed by atoms with Crippen LogP contribution in [-0.4, -0.2) is 51.6 Å². The molecule has 1 aliphatic rings. The summed E-state index contributed by atoms with van der Waals surface area (Å²) in [4.78, 5) is 24.2. The molecule has 2 aromatic heterocycles. The van der Waals surface area contributed by atoms with Gasteiger partial charge in [-0.25, -0.2) is 9.97 Å². The summed E-state index contributed by atoms with van der Waals surface area (Å²) in [5.74, 6) is 1.57. The highest BCUT2D eigenvalue weighted by Gasteiger charge is 2.29. The fourth-order valence-corrected chi connectivity index (χ4v) is 3.53. The number of hydrogen-bond acceptors (Lipinski definition) is 6. The lowest BCUT2D eigenvalue weighted by Gasteiger charge is -2.32. The summed E-state index contributed by atoms with van der Waals surface area (Å²) in [6.07, 6.45) is 2.48. The zero-order chi connectivity index (χ0) is 15.5. The molecule has 3 heterocycles. The van der Waals surface area contributed by atoms with Crippen molar-refractivity contribution in [1.29, 1.82) is 0 Å². The number of β-amino-alcohol motifs (C(OH)–C–C–N with tert-alkyl or cyclic N) is 1. The molecule has 0 radical (unpaired) electrons. The number of anilines is 1. The van der Waals surface area contributed by atoms with Crippen molar-refractivity contribution in [3.05, 3.63) is 17.3 Å². The molecule has 2 N–H and O–H groups in total. The van der Waals surface area contributed by atoms with Gasteiger partial charge < -0.3 is 15.3 Å². The Bertz CT molecular complexity index is 671. The van der Waals surface area contributed by atoms with E-state index in [0.29, 0.717) is 6.54 Å². The second-order valence-corrected chi connectivity index (χ2v) is 6.26. The monoisotopic (exact) mass is 320 g/mol. The van der Waals surface area contributed by atoms with Crippen molar-refractivity contribution < 1.29 is 9.90 Å². The number of carbonyl (C=O) groups is 1. The first-order chi connectivity index (χ1) is 10.7. The Labute approximate surface area is 133 Å². The number of nitrogens with zero attached hydrogens (tertiary/aromatic N) is 3. The van der Waals surface area contributed by atoms with Crippen molar-refractivity contribution in [1.82, 2.24) is 14.9 Å². The third kappa shape index (κ3) is 2.91. The zero-order valence-corrected chi connectivity index (χ0v) is 13.4. The van der Waals surface area contributed by atoms with Crippen LogP contribution < -0.4 is 5.32 Å². The standard InChI is InChI=1S/C15H20N4O2S/c1-2-12-17-13(10-5-9-22-14(10)18-12)16-11-4-3-6-19(7-8-20)15(11)21/h5,9,11,20H,2-4,6-8H2,1H3,(H,16,17,18)/t11-/m0/s1. The molecule has 0 saturated carbocycles. The fraction of sp³-hybridized carbons (Fsp3) is 0.533. The van der Waals surface area contributed by atoms with E-state index in [9.17, 15) is 4.79 Å². The molecule has 1 fully saturated rings. The molecule has 0 spiro atoms. The fourth-order valence-electron chi connectivity index (χ4n) is 2.75. The van der Waals surface area contributed by atoms with Crippen LogP contribution in [0.25, 0.3) is 10.2 Å². The topological polar surface area (TPSA) is 78.4 Å². The number of amides is 1. The minimum atomic E-state index is -0.275. The molecule has 1 saturated heterocycles. The number of nitrogens with one attached hydrogen (secondary N) is 1. The number of fused-ring (bicyclic) bond motifs is 1. The van der Waals surface area contributed by atoms with E-state index in [0.717, 1.165) is 47.7 Å². The zero-order valence-electron chi connectivity index (χ0n) is 12.6. The Morgan fingerprint density at radius 2 is 2.36 bits per heavy atom. The molecule has 7 heteroatoms. The van der Waals surface area contributed by atoms with Crippen LogP contribution >= 0.6 is 11.3 Å². The Morgan fingerprint density at radius 1 is 1.50 bits per heavy atom. The lowest BCUT2D eigenvalue weighted by atomic mass is 10.0. The van der Waals surface area contributed by atoms with E-state index in [1.54, 1.807) is 16.2 Å². The van der Waals surface area contributed by atoms with Gasteiger partial charge in [0.25, 0.3) is 0 Å². The van der Waals surface area contributed by atoms with Crippen LogP contribution in [-0.2, 0) is 11.2 Å². The minimum Gasteiger partial charge on any atom is -0.395 e. The molecule has 0 aromatic carbocycles. The van der Waals surface area contributed by atoms with Crippen molar-refractivity contribution in [3.63, 3.8) is 0 Å². The second-order valence-electron chi connectivity index (χ2n) is 5.37. The molecule has 1 aliphatic heterocycles. The first-order valence-corrected chi connectivity index (χ1v) is 8.51. The lowest BCUT2D eigenvalue weighted by Crippen LogP contribution is -2.48. The molecule has 3 rings (SSSR count). The predicted molar refractivity (Wildman–Crippen MR) is 87.1 cm³/mol. The molecule has 6 nitrogen and oxygen atoms in total. The van der Waals surface area contributed by atoms with Crippen molar-refractivity contribution in [3.8, 4) is 0 Å². The quantitative estimate of drug-likeness (QED) is 0.876. The number of hydrogen-bond donors (Lipinski definition) is 2. The first kappa shape index (κ1) is 15.2. The van der Waals surface area contributed by atoms with Crippen LogP contribution in [0.1, 0.15) is 25.6 Å². The lowest BCUT2D eigenvalue weighted by molar-refractivity contribution is -0.134. The Hall–Kier alpha value is -1.73. The van der Waals surface area contributed by atoms with Gasteiger partial charge in [-0.1, -0.05) is 6.92 Å². The molecular weight excluding hydrogens is 300 g/mol. The largest absolute Gasteiger partial charge is 0.395 e. The highest BCUT2D eigenvalue weighted by Crippen LogP contribution is 2.27. The summed E-state index contributed by atoms with van der Waals surface area (Å²) in [6, 6.07) is 1.71. The van der Waals surface area contributed by atoms with Crippen molar-refractivity contribution in [2.24, 2.45) is 0 Å². The number of aliphatic hydroxyl groups excluding tert-OH is 1. The number of carbonyl (C=O) groups excluding carboxylic acids is 1. The number of rotatable bonds is 5. The van der Waals surface area contributed by atoms with E-state index in [2.05, 4.69) is 15.3 Å². The Morgan fingerprint density at radius 3 is 3.14 bits per heavy atom. The maximum Gasteiger partial charge on any atom is 0.245 e. The Balaban J connectivity index is 1.85. The molecule has 118 valence electrons. The maximum absolute atomic E-state index is 12.5. The Kier molecular flexibility index (Phi) is 4.54. The number of aliphatic hydroxyl groups is 1. The molecule has 1 atom stereocenters. The van der Waals surface area contributed by atoms with E-state index < -0.39 is 0 Å². The summed E-state index contributed by atoms with van der Waals surface area (Å²) < 4.78 is 0. The minimum absolute atomic E-state index is 0.000720.